The van der Waals surface area contributed by atoms with Gasteiger partial charge < -0.3 is 19.7 Å². The minimum absolute atomic E-state index is 0.0480. The van der Waals surface area contributed by atoms with Crippen molar-refractivity contribution in [3.05, 3.63) is 95.3 Å². The van der Waals surface area contributed by atoms with Gasteiger partial charge in [-0.1, -0.05) is 25.1 Å². The lowest BCUT2D eigenvalue weighted by Gasteiger charge is -2.44. The van der Waals surface area contributed by atoms with E-state index >= 15 is 0 Å². The number of likely N-dealkylation sites (tertiary alicyclic amines) is 1. The van der Waals surface area contributed by atoms with E-state index in [0.717, 1.165) is 12.1 Å². The summed E-state index contributed by atoms with van der Waals surface area (Å²) in [5.41, 5.74) is 1.97. The van der Waals surface area contributed by atoms with E-state index in [1.807, 2.05) is 42.5 Å². The van der Waals surface area contributed by atoms with Gasteiger partial charge in [0.25, 0.3) is 11.8 Å². The lowest BCUT2D eigenvalue weighted by Crippen LogP contribution is -2.59. The summed E-state index contributed by atoms with van der Waals surface area (Å²) in [5, 5.41) is 2.92. The molecule has 2 fully saturated rings. The van der Waals surface area contributed by atoms with Crippen LogP contribution in [0.1, 0.15) is 51.7 Å². The first-order valence-corrected chi connectivity index (χ1v) is 13.6. The van der Waals surface area contributed by atoms with Crippen molar-refractivity contribution in [1.82, 2.24) is 20.1 Å². The third kappa shape index (κ3) is 5.56. The summed E-state index contributed by atoms with van der Waals surface area (Å²) < 4.78 is 11.5. The van der Waals surface area contributed by atoms with E-state index in [1.165, 1.54) is 5.56 Å². The van der Waals surface area contributed by atoms with Gasteiger partial charge in [0.1, 0.15) is 17.5 Å². The Morgan fingerprint density at radius 2 is 1.65 bits per heavy atom. The lowest BCUT2D eigenvalue weighted by molar-refractivity contribution is -0.128. The average Bonchev–Trinajstić information content (AvgIpc) is 3.38. The molecule has 1 atom stereocenters. The number of hydrogen-bond acceptors (Lipinski definition) is 6. The Morgan fingerprint density at radius 1 is 0.975 bits per heavy atom. The minimum Gasteiger partial charge on any atom is -0.497 e. The van der Waals surface area contributed by atoms with Crippen LogP contribution in [0.2, 0.25) is 0 Å². The maximum atomic E-state index is 13.9. The number of aromatic nitrogens is 1. The second kappa shape index (κ2) is 11.9. The van der Waals surface area contributed by atoms with Gasteiger partial charge in [-0.05, 0) is 60.5 Å². The largest absolute Gasteiger partial charge is 0.497 e. The topological polar surface area (TPSA) is 101 Å². The summed E-state index contributed by atoms with van der Waals surface area (Å²) in [6.07, 6.45) is 3.38. The van der Waals surface area contributed by atoms with Gasteiger partial charge in [0.15, 0.2) is 0 Å². The van der Waals surface area contributed by atoms with Gasteiger partial charge in [0.2, 0.25) is 5.91 Å². The first-order valence-electron chi connectivity index (χ1n) is 13.6. The Bertz CT molecular complexity index is 1340. The number of nitrogens with zero attached hydrogens (tertiary/aromatic N) is 3. The number of pyridine rings is 1. The van der Waals surface area contributed by atoms with E-state index in [9.17, 15) is 14.4 Å². The molecular formula is C31H34N4O5. The van der Waals surface area contributed by atoms with E-state index in [1.54, 1.807) is 47.4 Å². The van der Waals surface area contributed by atoms with Crippen LogP contribution in [0.5, 0.6) is 5.75 Å². The van der Waals surface area contributed by atoms with E-state index in [-0.39, 0.29) is 30.9 Å². The normalized spacial score (nSPS) is 18.0. The Balaban J connectivity index is 1.35. The molecule has 1 N–H and O–H groups in total. The second-order valence-corrected chi connectivity index (χ2v) is 10.1. The van der Waals surface area contributed by atoms with Crippen LogP contribution in [0, 0.1) is 0 Å². The van der Waals surface area contributed by atoms with Crippen LogP contribution < -0.4 is 10.1 Å². The maximum absolute atomic E-state index is 13.9. The number of aryl methyl sites for hydroxylation is 1. The van der Waals surface area contributed by atoms with E-state index < -0.39 is 11.8 Å². The van der Waals surface area contributed by atoms with Crippen molar-refractivity contribution in [1.29, 1.82) is 0 Å². The molecule has 40 heavy (non-hydrogen) atoms. The van der Waals surface area contributed by atoms with Crippen LogP contribution >= 0.6 is 0 Å². The predicted octanol–water partition coefficient (Wildman–Crippen LogP) is 3.44. The molecule has 3 amide bonds. The fourth-order valence-corrected chi connectivity index (χ4v) is 5.36. The summed E-state index contributed by atoms with van der Waals surface area (Å²) in [6, 6.07) is 19.2. The quantitative estimate of drug-likeness (QED) is 0.491. The fourth-order valence-electron chi connectivity index (χ4n) is 5.36. The van der Waals surface area contributed by atoms with Crippen LogP contribution in [0.15, 0.2) is 72.9 Å². The van der Waals surface area contributed by atoms with Gasteiger partial charge in [-0.2, -0.15) is 0 Å². The van der Waals surface area contributed by atoms with E-state index in [4.69, 9.17) is 9.47 Å². The minimum atomic E-state index is -0.993. The highest BCUT2D eigenvalue weighted by molar-refractivity contribution is 5.99. The number of amides is 3. The van der Waals surface area contributed by atoms with Gasteiger partial charge in [-0.25, -0.2) is 0 Å². The number of benzene rings is 2. The maximum Gasteiger partial charge on any atom is 0.256 e. The summed E-state index contributed by atoms with van der Waals surface area (Å²) in [4.78, 5) is 48.2. The SMILES string of the molecule is CCc1ccc(C(=O)N2CCC3(CC2)OC[C@H](C(=O)NCc2ccccn2)N3C(=O)c2ccc(OC)cc2)cc1. The van der Waals surface area contributed by atoms with Gasteiger partial charge in [0.05, 0.1) is 26.0 Å². The van der Waals surface area contributed by atoms with Gasteiger partial charge >= 0.3 is 0 Å². The van der Waals surface area contributed by atoms with Crippen LogP contribution in [0.25, 0.3) is 0 Å². The standard InChI is InChI=1S/C31H34N4O5/c1-3-22-7-9-23(10-8-22)29(37)34-18-15-31(16-19-34)35(30(38)24-11-13-26(39-2)14-12-24)27(21-40-31)28(36)33-20-25-6-4-5-17-32-25/h4-14,17,27H,3,15-16,18-21H2,1-2H3,(H,33,36)/t27-/m1/s1. The van der Waals surface area contributed by atoms with Crippen LogP contribution in [0.3, 0.4) is 0 Å². The number of rotatable bonds is 7. The molecule has 3 heterocycles. The number of methoxy groups -OCH3 is 1. The zero-order valence-corrected chi connectivity index (χ0v) is 22.8. The van der Waals surface area contributed by atoms with Crippen molar-refractivity contribution in [3.8, 4) is 5.75 Å². The number of ether oxygens (including phenoxy) is 2. The zero-order valence-electron chi connectivity index (χ0n) is 22.8. The Hall–Kier alpha value is -4.24. The smallest absolute Gasteiger partial charge is 0.256 e. The molecule has 208 valence electrons. The zero-order chi connectivity index (χ0) is 28.1. The third-order valence-electron chi connectivity index (χ3n) is 7.73. The molecule has 2 aliphatic rings. The molecule has 3 aromatic rings. The third-order valence-corrected chi connectivity index (χ3v) is 7.73. The van der Waals surface area contributed by atoms with Crippen LogP contribution in [0.4, 0.5) is 0 Å². The summed E-state index contributed by atoms with van der Waals surface area (Å²) in [7, 11) is 1.56. The Morgan fingerprint density at radius 3 is 2.27 bits per heavy atom. The summed E-state index contributed by atoms with van der Waals surface area (Å²) >= 11 is 0. The first kappa shape index (κ1) is 27.3. The van der Waals surface area contributed by atoms with Crippen LogP contribution in [-0.4, -0.2) is 71.1 Å². The second-order valence-electron chi connectivity index (χ2n) is 10.1. The van der Waals surface area contributed by atoms with Crippen molar-refractivity contribution < 1.29 is 23.9 Å². The molecule has 1 spiro atoms. The lowest BCUT2D eigenvalue weighted by atomic mass is 9.96. The number of carbonyl (C=O) groups excluding carboxylic acids is 3. The molecule has 5 rings (SSSR count). The molecule has 1 aromatic heterocycles. The summed E-state index contributed by atoms with van der Waals surface area (Å²) in [5.74, 6) is -0.0208. The van der Waals surface area contributed by atoms with Crippen LogP contribution in [-0.2, 0) is 22.5 Å². The molecule has 0 unspecified atom stereocenters. The van der Waals surface area contributed by atoms with Gasteiger partial charge in [-0.15, -0.1) is 0 Å². The number of carbonyl (C=O) groups is 3. The van der Waals surface area contributed by atoms with E-state index in [2.05, 4.69) is 17.2 Å². The van der Waals surface area contributed by atoms with Gasteiger partial charge in [-0.3, -0.25) is 24.3 Å². The molecule has 0 bridgehead atoms. The Labute approximate surface area is 234 Å². The van der Waals surface area contributed by atoms with Crippen molar-refractivity contribution in [3.63, 3.8) is 0 Å². The molecule has 9 heteroatoms. The highest BCUT2D eigenvalue weighted by Gasteiger charge is 2.54. The van der Waals surface area contributed by atoms with Crippen molar-refractivity contribution in [2.45, 2.75) is 44.5 Å². The number of nitrogens with one attached hydrogen (secondary N) is 1. The predicted molar refractivity (Wildman–Crippen MR) is 149 cm³/mol. The molecule has 9 nitrogen and oxygen atoms in total. The molecule has 0 aliphatic carbocycles. The molecule has 0 radical (unpaired) electrons. The molecule has 2 saturated heterocycles. The average molecular weight is 543 g/mol. The van der Waals surface area contributed by atoms with E-state index in [0.29, 0.717) is 42.8 Å². The number of hydrogen-bond donors (Lipinski definition) is 1. The van der Waals surface area contributed by atoms with Crippen molar-refractivity contribution >= 4 is 17.7 Å². The molecular weight excluding hydrogens is 508 g/mol. The fraction of sp³-hybridized carbons (Fsp3) is 0.355. The highest BCUT2D eigenvalue weighted by atomic mass is 16.5. The molecule has 2 aliphatic heterocycles. The number of piperidine rings is 1. The van der Waals surface area contributed by atoms with Crippen molar-refractivity contribution in [2.75, 3.05) is 26.8 Å². The van der Waals surface area contributed by atoms with Gasteiger partial charge in [0, 0.05) is 43.3 Å². The monoisotopic (exact) mass is 542 g/mol. The Kier molecular flexibility index (Phi) is 8.11. The molecule has 2 aromatic carbocycles. The first-order chi connectivity index (χ1) is 19.4. The van der Waals surface area contributed by atoms with Crippen molar-refractivity contribution in [2.24, 2.45) is 0 Å². The molecule has 0 saturated carbocycles. The highest BCUT2D eigenvalue weighted by Crippen LogP contribution is 2.39. The summed E-state index contributed by atoms with van der Waals surface area (Å²) in [6.45, 7) is 3.20.